The summed E-state index contributed by atoms with van der Waals surface area (Å²) in [4.78, 5) is 2.30. The van der Waals surface area contributed by atoms with Crippen LogP contribution in [0.1, 0.15) is 44.6 Å². The van der Waals surface area contributed by atoms with E-state index in [2.05, 4.69) is 11.8 Å². The fraction of sp³-hybridized carbons (Fsp3) is 0.533. The summed E-state index contributed by atoms with van der Waals surface area (Å²) in [6, 6.07) is 7.33. The van der Waals surface area contributed by atoms with E-state index in [-0.39, 0.29) is 5.56 Å². The van der Waals surface area contributed by atoms with Crippen molar-refractivity contribution in [2.75, 3.05) is 11.4 Å². The highest BCUT2D eigenvalue weighted by Gasteiger charge is 2.20. The Morgan fingerprint density at radius 3 is 2.89 bits per heavy atom. The van der Waals surface area contributed by atoms with Crippen molar-refractivity contribution in [1.29, 1.82) is 5.26 Å². The molecule has 0 bridgehead atoms. The smallest absolute Gasteiger partial charge is 0.143 e. The molecule has 2 rings (SSSR count). The number of hydrogen-bond acceptors (Lipinski definition) is 2. The van der Waals surface area contributed by atoms with E-state index in [1.54, 1.807) is 6.07 Å². The van der Waals surface area contributed by atoms with Crippen molar-refractivity contribution in [2.24, 2.45) is 0 Å². The molecular formula is C15H19FN2. The molecule has 1 atom stereocenters. The standard InChI is InChI=1S/C15H19FN2/c1-2-13-6-4-3-5-9-18(13)14-8-7-12(11-17)15(16)10-14/h7-8,10,13H,2-6,9H2,1H3. The first kappa shape index (κ1) is 12.9. The molecule has 2 nitrogen and oxygen atoms in total. The van der Waals surface area contributed by atoms with Crippen LogP contribution in [0.5, 0.6) is 0 Å². The van der Waals surface area contributed by atoms with Crippen LogP contribution in [-0.2, 0) is 0 Å². The molecule has 0 N–H and O–H groups in total. The summed E-state index contributed by atoms with van der Waals surface area (Å²) in [7, 11) is 0. The van der Waals surface area contributed by atoms with E-state index in [4.69, 9.17) is 5.26 Å². The Balaban J connectivity index is 2.28. The highest BCUT2D eigenvalue weighted by molar-refractivity contribution is 5.51. The van der Waals surface area contributed by atoms with Crippen molar-refractivity contribution in [1.82, 2.24) is 0 Å². The van der Waals surface area contributed by atoms with Crippen molar-refractivity contribution >= 4 is 5.69 Å². The van der Waals surface area contributed by atoms with Gasteiger partial charge in [-0.3, -0.25) is 0 Å². The number of halogens is 1. The maximum absolute atomic E-state index is 13.7. The fourth-order valence-corrected chi connectivity index (χ4v) is 2.72. The third kappa shape index (κ3) is 2.64. The van der Waals surface area contributed by atoms with Gasteiger partial charge >= 0.3 is 0 Å². The Bertz CT molecular complexity index is 450. The van der Waals surface area contributed by atoms with Gasteiger partial charge in [-0.1, -0.05) is 19.8 Å². The first-order valence-electron chi connectivity index (χ1n) is 6.72. The van der Waals surface area contributed by atoms with Crippen molar-refractivity contribution in [3.05, 3.63) is 29.6 Å². The van der Waals surface area contributed by atoms with E-state index >= 15 is 0 Å². The molecule has 0 aromatic heterocycles. The molecule has 0 spiro atoms. The monoisotopic (exact) mass is 246 g/mol. The van der Waals surface area contributed by atoms with Crippen molar-refractivity contribution in [2.45, 2.75) is 45.1 Å². The third-order valence-electron chi connectivity index (χ3n) is 3.75. The molecule has 0 saturated carbocycles. The van der Waals surface area contributed by atoms with Crippen molar-refractivity contribution in [3.63, 3.8) is 0 Å². The fourth-order valence-electron chi connectivity index (χ4n) is 2.72. The van der Waals surface area contributed by atoms with Gasteiger partial charge in [-0.05, 0) is 37.5 Å². The molecule has 1 aromatic carbocycles. The molecule has 1 aliphatic heterocycles. The predicted octanol–water partition coefficient (Wildman–Crippen LogP) is 3.86. The third-order valence-corrected chi connectivity index (χ3v) is 3.75. The Hall–Kier alpha value is -1.56. The van der Waals surface area contributed by atoms with Crippen LogP contribution < -0.4 is 4.90 Å². The average Bonchev–Trinajstić information content (AvgIpc) is 2.63. The SMILES string of the molecule is CCC1CCCCCN1c1ccc(C#N)c(F)c1. The minimum Gasteiger partial charge on any atom is -0.368 e. The Morgan fingerprint density at radius 2 is 2.22 bits per heavy atom. The van der Waals surface area contributed by atoms with Gasteiger partial charge < -0.3 is 4.90 Å². The number of hydrogen-bond donors (Lipinski definition) is 0. The quantitative estimate of drug-likeness (QED) is 0.792. The van der Waals surface area contributed by atoms with Crippen molar-refractivity contribution in [3.8, 4) is 6.07 Å². The van der Waals surface area contributed by atoms with Gasteiger partial charge in [0.25, 0.3) is 0 Å². The summed E-state index contributed by atoms with van der Waals surface area (Å²) in [5.41, 5.74) is 1.04. The zero-order chi connectivity index (χ0) is 13.0. The van der Waals surface area contributed by atoms with E-state index in [1.807, 2.05) is 12.1 Å². The summed E-state index contributed by atoms with van der Waals surface area (Å²) in [6.45, 7) is 3.17. The lowest BCUT2D eigenvalue weighted by Gasteiger charge is -2.31. The first-order chi connectivity index (χ1) is 8.76. The van der Waals surface area contributed by atoms with E-state index < -0.39 is 5.82 Å². The lowest BCUT2D eigenvalue weighted by molar-refractivity contribution is 0.553. The van der Waals surface area contributed by atoms with Crippen LogP contribution >= 0.6 is 0 Å². The highest BCUT2D eigenvalue weighted by atomic mass is 19.1. The minimum atomic E-state index is -0.408. The second kappa shape index (κ2) is 5.86. The highest BCUT2D eigenvalue weighted by Crippen LogP contribution is 2.27. The molecule has 18 heavy (non-hydrogen) atoms. The average molecular weight is 246 g/mol. The van der Waals surface area contributed by atoms with Gasteiger partial charge in [0.15, 0.2) is 0 Å². The number of nitrogens with zero attached hydrogens (tertiary/aromatic N) is 2. The van der Waals surface area contributed by atoms with Crippen LogP contribution in [0, 0.1) is 17.1 Å². The van der Waals surface area contributed by atoms with Crippen LogP contribution in [0.15, 0.2) is 18.2 Å². The van der Waals surface area contributed by atoms with Crippen LogP contribution in [0.4, 0.5) is 10.1 Å². The van der Waals surface area contributed by atoms with Gasteiger partial charge in [-0.15, -0.1) is 0 Å². The van der Waals surface area contributed by atoms with Gasteiger partial charge in [0.2, 0.25) is 0 Å². The molecular weight excluding hydrogens is 227 g/mol. The van der Waals surface area contributed by atoms with Gasteiger partial charge in [0, 0.05) is 18.3 Å². The van der Waals surface area contributed by atoms with Gasteiger partial charge in [-0.25, -0.2) is 4.39 Å². The lowest BCUT2D eigenvalue weighted by Crippen LogP contribution is -2.34. The Kier molecular flexibility index (Phi) is 4.19. The number of rotatable bonds is 2. The van der Waals surface area contributed by atoms with Gasteiger partial charge in [0.05, 0.1) is 5.56 Å². The molecule has 1 saturated heterocycles. The van der Waals surface area contributed by atoms with Crippen molar-refractivity contribution < 1.29 is 4.39 Å². The van der Waals surface area contributed by atoms with Crippen LogP contribution in [0.25, 0.3) is 0 Å². The summed E-state index contributed by atoms with van der Waals surface area (Å²) in [5.74, 6) is -0.408. The predicted molar refractivity (Wildman–Crippen MR) is 71.0 cm³/mol. The largest absolute Gasteiger partial charge is 0.368 e. The molecule has 1 fully saturated rings. The lowest BCUT2D eigenvalue weighted by atomic mass is 10.1. The van der Waals surface area contributed by atoms with E-state index in [9.17, 15) is 4.39 Å². The molecule has 0 aliphatic carbocycles. The molecule has 96 valence electrons. The van der Waals surface area contributed by atoms with Crippen LogP contribution in [-0.4, -0.2) is 12.6 Å². The Labute approximate surface area is 108 Å². The van der Waals surface area contributed by atoms with E-state index in [1.165, 1.54) is 25.3 Å². The van der Waals surface area contributed by atoms with E-state index in [0.29, 0.717) is 6.04 Å². The van der Waals surface area contributed by atoms with Gasteiger partial charge in [0.1, 0.15) is 11.9 Å². The summed E-state index contributed by atoms with van der Waals surface area (Å²) in [6.07, 6.45) is 5.94. The van der Waals surface area contributed by atoms with Crippen LogP contribution in [0.2, 0.25) is 0 Å². The second-order valence-electron chi connectivity index (χ2n) is 4.88. The zero-order valence-electron chi connectivity index (χ0n) is 10.8. The summed E-state index contributed by atoms with van der Waals surface area (Å²) in [5, 5.41) is 8.76. The topological polar surface area (TPSA) is 27.0 Å². The molecule has 1 aliphatic rings. The van der Waals surface area contributed by atoms with Gasteiger partial charge in [-0.2, -0.15) is 5.26 Å². The summed E-state index contributed by atoms with van der Waals surface area (Å²) >= 11 is 0. The molecule has 0 radical (unpaired) electrons. The second-order valence-corrected chi connectivity index (χ2v) is 4.88. The minimum absolute atomic E-state index is 0.127. The molecule has 0 amide bonds. The number of nitriles is 1. The first-order valence-corrected chi connectivity index (χ1v) is 6.72. The number of anilines is 1. The summed E-state index contributed by atoms with van der Waals surface area (Å²) < 4.78 is 13.7. The van der Waals surface area contributed by atoms with E-state index in [0.717, 1.165) is 25.1 Å². The number of benzene rings is 1. The molecule has 1 heterocycles. The molecule has 1 unspecified atom stereocenters. The maximum Gasteiger partial charge on any atom is 0.143 e. The van der Waals surface area contributed by atoms with Crippen LogP contribution in [0.3, 0.4) is 0 Å². The normalized spacial score (nSPS) is 20.3. The molecule has 1 aromatic rings. The maximum atomic E-state index is 13.7. The Morgan fingerprint density at radius 1 is 1.39 bits per heavy atom. The zero-order valence-corrected chi connectivity index (χ0v) is 10.8. The molecule has 3 heteroatoms.